The van der Waals surface area contributed by atoms with Gasteiger partial charge in [0.2, 0.25) is 5.91 Å². The molecule has 32 heavy (non-hydrogen) atoms. The number of hydrogen-bond acceptors (Lipinski definition) is 7. The minimum Gasteiger partial charge on any atom is -0.369 e. The molecule has 0 saturated carbocycles. The van der Waals surface area contributed by atoms with E-state index in [0.717, 1.165) is 81.7 Å². The summed E-state index contributed by atoms with van der Waals surface area (Å²) in [5.74, 6) is 1.64. The summed E-state index contributed by atoms with van der Waals surface area (Å²) in [6.45, 7) is 6.73. The Balaban J connectivity index is 1.31. The number of rotatable bonds is 6. The highest BCUT2D eigenvalue weighted by Crippen LogP contribution is 2.24. The van der Waals surface area contributed by atoms with Crippen molar-refractivity contribution >= 4 is 17.7 Å². The number of primary amides is 1. The van der Waals surface area contributed by atoms with E-state index in [1.807, 2.05) is 25.4 Å². The maximum Gasteiger partial charge on any atom is 0.220 e. The van der Waals surface area contributed by atoms with Crippen LogP contribution in [0.4, 0.5) is 5.82 Å². The van der Waals surface area contributed by atoms with Crippen molar-refractivity contribution < 1.29 is 9.32 Å². The SMILES string of the molecule is CN=C(NCc1cccnc1N1CCC(C(N)=O)CC1)N1CCN(Cc2ccon2)CC1. The van der Waals surface area contributed by atoms with Gasteiger partial charge in [0.05, 0.1) is 5.69 Å². The number of anilines is 1. The van der Waals surface area contributed by atoms with E-state index in [1.54, 1.807) is 6.26 Å². The van der Waals surface area contributed by atoms with Crippen LogP contribution in [-0.2, 0) is 17.9 Å². The van der Waals surface area contributed by atoms with Crippen LogP contribution in [0.3, 0.4) is 0 Å². The van der Waals surface area contributed by atoms with Crippen molar-refractivity contribution in [2.24, 2.45) is 16.6 Å². The van der Waals surface area contributed by atoms with Gasteiger partial charge in [-0.15, -0.1) is 0 Å². The van der Waals surface area contributed by atoms with E-state index in [4.69, 9.17) is 10.3 Å². The second-order valence-corrected chi connectivity index (χ2v) is 8.30. The van der Waals surface area contributed by atoms with Crippen molar-refractivity contribution in [3.63, 3.8) is 0 Å². The number of nitrogens with zero attached hydrogens (tertiary/aromatic N) is 6. The maximum atomic E-state index is 11.5. The molecule has 0 unspecified atom stereocenters. The molecule has 4 rings (SSSR count). The highest BCUT2D eigenvalue weighted by Gasteiger charge is 2.25. The number of carbonyl (C=O) groups is 1. The third kappa shape index (κ3) is 5.37. The Bertz CT molecular complexity index is 900. The van der Waals surface area contributed by atoms with Crippen molar-refractivity contribution in [2.45, 2.75) is 25.9 Å². The van der Waals surface area contributed by atoms with E-state index in [2.05, 4.69) is 41.2 Å². The van der Waals surface area contributed by atoms with Crippen LogP contribution < -0.4 is 16.0 Å². The highest BCUT2D eigenvalue weighted by molar-refractivity contribution is 5.80. The van der Waals surface area contributed by atoms with Crippen molar-refractivity contribution in [2.75, 3.05) is 51.2 Å². The zero-order chi connectivity index (χ0) is 22.3. The van der Waals surface area contributed by atoms with Crippen molar-refractivity contribution in [1.29, 1.82) is 0 Å². The number of amides is 1. The lowest BCUT2D eigenvalue weighted by Gasteiger charge is -2.36. The average molecular weight is 441 g/mol. The summed E-state index contributed by atoms with van der Waals surface area (Å²) in [4.78, 5) is 27.5. The van der Waals surface area contributed by atoms with Crippen LogP contribution in [0, 0.1) is 5.92 Å². The first-order chi connectivity index (χ1) is 15.6. The first-order valence-corrected chi connectivity index (χ1v) is 11.2. The first-order valence-electron chi connectivity index (χ1n) is 11.2. The smallest absolute Gasteiger partial charge is 0.220 e. The molecular weight excluding hydrogens is 408 g/mol. The number of piperazine rings is 1. The standard InChI is InChI=1S/C22H32N8O2/c1-24-22(30-12-10-28(11-13-30)16-19-6-14-32-27-19)26-15-18-3-2-7-25-21(18)29-8-4-17(5-9-29)20(23)31/h2-3,6-7,14,17H,4-5,8-13,15-16H2,1H3,(H2,23,31)(H,24,26). The Hall–Kier alpha value is -3.14. The Labute approximate surface area is 188 Å². The van der Waals surface area contributed by atoms with Gasteiger partial charge < -0.3 is 25.4 Å². The summed E-state index contributed by atoms with van der Waals surface area (Å²) < 4.78 is 4.93. The molecule has 2 fully saturated rings. The molecule has 0 atom stereocenters. The van der Waals surface area contributed by atoms with E-state index < -0.39 is 0 Å². The van der Waals surface area contributed by atoms with Crippen molar-refractivity contribution in [3.05, 3.63) is 41.9 Å². The average Bonchev–Trinajstić information content (AvgIpc) is 3.34. The molecule has 2 aromatic rings. The Kier molecular flexibility index (Phi) is 7.21. The van der Waals surface area contributed by atoms with Gasteiger partial charge in [-0.25, -0.2) is 4.98 Å². The summed E-state index contributed by atoms with van der Waals surface area (Å²) in [6.07, 6.45) is 4.99. The second-order valence-electron chi connectivity index (χ2n) is 8.30. The quantitative estimate of drug-likeness (QED) is 0.497. The van der Waals surface area contributed by atoms with Gasteiger partial charge in [0, 0.05) is 83.2 Å². The summed E-state index contributed by atoms with van der Waals surface area (Å²) in [5, 5.41) is 7.52. The largest absolute Gasteiger partial charge is 0.369 e. The highest BCUT2D eigenvalue weighted by atomic mass is 16.5. The van der Waals surface area contributed by atoms with E-state index in [9.17, 15) is 4.79 Å². The molecule has 0 radical (unpaired) electrons. The summed E-state index contributed by atoms with van der Waals surface area (Å²) >= 11 is 0. The summed E-state index contributed by atoms with van der Waals surface area (Å²) in [6, 6.07) is 5.97. The zero-order valence-corrected chi connectivity index (χ0v) is 18.6. The van der Waals surface area contributed by atoms with Crippen LogP contribution in [0.15, 0.2) is 40.2 Å². The molecular formula is C22H32N8O2. The Morgan fingerprint density at radius 1 is 1.22 bits per heavy atom. The number of nitrogens with one attached hydrogen (secondary N) is 1. The molecule has 4 heterocycles. The van der Waals surface area contributed by atoms with E-state index >= 15 is 0 Å². The van der Waals surface area contributed by atoms with Gasteiger partial charge in [-0.1, -0.05) is 11.2 Å². The number of carbonyl (C=O) groups excluding carboxylic acids is 1. The molecule has 1 amide bonds. The fourth-order valence-corrected chi connectivity index (χ4v) is 4.40. The molecule has 2 saturated heterocycles. The minimum atomic E-state index is -0.197. The van der Waals surface area contributed by atoms with E-state index in [-0.39, 0.29) is 11.8 Å². The fraction of sp³-hybridized carbons (Fsp3) is 0.545. The van der Waals surface area contributed by atoms with Crippen LogP contribution in [-0.4, -0.2) is 78.1 Å². The predicted molar refractivity (Wildman–Crippen MR) is 122 cm³/mol. The van der Waals surface area contributed by atoms with Crippen molar-refractivity contribution in [3.8, 4) is 0 Å². The molecule has 10 heteroatoms. The second kappa shape index (κ2) is 10.4. The topological polar surface area (TPSA) is 116 Å². The number of nitrogens with two attached hydrogens (primary N) is 1. The number of hydrogen-bond donors (Lipinski definition) is 2. The molecule has 10 nitrogen and oxygen atoms in total. The monoisotopic (exact) mass is 440 g/mol. The lowest BCUT2D eigenvalue weighted by atomic mass is 9.96. The molecule has 3 N–H and O–H groups in total. The lowest BCUT2D eigenvalue weighted by Crippen LogP contribution is -2.52. The summed E-state index contributed by atoms with van der Waals surface area (Å²) in [7, 11) is 1.82. The maximum absolute atomic E-state index is 11.5. The van der Waals surface area contributed by atoms with Gasteiger partial charge in [-0.3, -0.25) is 14.7 Å². The molecule has 0 aromatic carbocycles. The van der Waals surface area contributed by atoms with Gasteiger partial charge in [-0.05, 0) is 18.9 Å². The number of pyridine rings is 1. The van der Waals surface area contributed by atoms with E-state index in [0.29, 0.717) is 6.54 Å². The van der Waals surface area contributed by atoms with Crippen LogP contribution in [0.5, 0.6) is 0 Å². The number of piperidine rings is 1. The van der Waals surface area contributed by atoms with Crippen LogP contribution in [0.1, 0.15) is 24.1 Å². The van der Waals surface area contributed by atoms with Gasteiger partial charge in [-0.2, -0.15) is 0 Å². The first kappa shape index (κ1) is 22.1. The molecule has 0 aliphatic carbocycles. The van der Waals surface area contributed by atoms with Crippen LogP contribution >= 0.6 is 0 Å². The molecule has 172 valence electrons. The Morgan fingerprint density at radius 2 is 2.00 bits per heavy atom. The van der Waals surface area contributed by atoms with Crippen molar-refractivity contribution in [1.82, 2.24) is 25.3 Å². The zero-order valence-electron chi connectivity index (χ0n) is 18.6. The third-order valence-corrected chi connectivity index (χ3v) is 6.26. The van der Waals surface area contributed by atoms with Gasteiger partial charge in [0.25, 0.3) is 0 Å². The van der Waals surface area contributed by atoms with E-state index in [1.165, 1.54) is 0 Å². The lowest BCUT2D eigenvalue weighted by molar-refractivity contribution is -0.122. The molecule has 2 aromatic heterocycles. The molecule has 0 bridgehead atoms. The third-order valence-electron chi connectivity index (χ3n) is 6.26. The van der Waals surface area contributed by atoms with Gasteiger partial charge in [0.1, 0.15) is 12.1 Å². The molecule has 2 aliphatic rings. The number of aliphatic imine (C=N–C) groups is 1. The minimum absolute atomic E-state index is 0.0293. The van der Waals surface area contributed by atoms with Crippen LogP contribution in [0.2, 0.25) is 0 Å². The molecule has 2 aliphatic heterocycles. The number of aromatic nitrogens is 2. The normalized spacial score (nSPS) is 18.7. The number of guanidine groups is 1. The molecule has 0 spiro atoms. The van der Waals surface area contributed by atoms with Crippen LogP contribution in [0.25, 0.3) is 0 Å². The van der Waals surface area contributed by atoms with Gasteiger partial charge in [0.15, 0.2) is 5.96 Å². The Morgan fingerprint density at radius 3 is 2.66 bits per heavy atom. The fourth-order valence-electron chi connectivity index (χ4n) is 4.40. The summed E-state index contributed by atoms with van der Waals surface area (Å²) in [5.41, 5.74) is 7.56. The predicted octanol–water partition coefficient (Wildman–Crippen LogP) is 0.665. The van der Waals surface area contributed by atoms with Gasteiger partial charge >= 0.3 is 0 Å².